The summed E-state index contributed by atoms with van der Waals surface area (Å²) in [6.07, 6.45) is 6.79. The van der Waals surface area contributed by atoms with Gasteiger partial charge in [-0.05, 0) is 62.6 Å². The lowest BCUT2D eigenvalue weighted by Gasteiger charge is -2.43. The lowest BCUT2D eigenvalue weighted by atomic mass is 9.65. The van der Waals surface area contributed by atoms with E-state index in [2.05, 4.69) is 46.0 Å². The van der Waals surface area contributed by atoms with E-state index in [1.165, 1.54) is 42.5 Å². The topological polar surface area (TPSA) is 12.0 Å². The van der Waals surface area contributed by atoms with Crippen molar-refractivity contribution < 1.29 is 0 Å². The Morgan fingerprint density at radius 1 is 1.35 bits per heavy atom. The van der Waals surface area contributed by atoms with Gasteiger partial charge in [-0.2, -0.15) is 0 Å². The molecule has 1 aromatic heterocycles. The van der Waals surface area contributed by atoms with Gasteiger partial charge in [-0.25, -0.2) is 0 Å². The molecule has 2 rings (SSSR count). The largest absolute Gasteiger partial charge is 0.309 e. The van der Waals surface area contributed by atoms with Gasteiger partial charge in [-0.3, -0.25) is 0 Å². The summed E-state index contributed by atoms with van der Waals surface area (Å²) in [6, 6.07) is 2.92. The molecule has 2 unspecified atom stereocenters. The lowest BCUT2D eigenvalue weighted by Crippen LogP contribution is -2.39. The van der Waals surface area contributed by atoms with E-state index in [1.807, 2.05) is 11.3 Å². The number of aryl methyl sites for hydroxylation is 2. The number of rotatable bonds is 5. The molecule has 0 saturated heterocycles. The SMILES string of the molecule is CCCNC(c1sc(C)cc1C)C1CCCCC1(C)C. The van der Waals surface area contributed by atoms with E-state index in [1.54, 1.807) is 4.88 Å². The fraction of sp³-hybridized carbons (Fsp3) is 0.778. The van der Waals surface area contributed by atoms with Gasteiger partial charge in [0.25, 0.3) is 0 Å². The smallest absolute Gasteiger partial charge is 0.0451 e. The van der Waals surface area contributed by atoms with Crippen LogP contribution in [0.5, 0.6) is 0 Å². The van der Waals surface area contributed by atoms with Crippen molar-refractivity contribution in [1.82, 2.24) is 5.32 Å². The van der Waals surface area contributed by atoms with E-state index in [-0.39, 0.29) is 0 Å². The zero-order chi connectivity index (χ0) is 14.8. The molecule has 1 aliphatic rings. The number of hydrogen-bond donors (Lipinski definition) is 1. The maximum Gasteiger partial charge on any atom is 0.0451 e. The van der Waals surface area contributed by atoms with Crippen molar-refractivity contribution in [2.24, 2.45) is 11.3 Å². The van der Waals surface area contributed by atoms with Crippen LogP contribution in [-0.4, -0.2) is 6.54 Å². The molecule has 0 aromatic carbocycles. The summed E-state index contributed by atoms with van der Waals surface area (Å²) in [7, 11) is 0. The second-order valence-corrected chi connectivity index (χ2v) is 8.46. The van der Waals surface area contributed by atoms with Crippen molar-refractivity contribution >= 4 is 11.3 Å². The Balaban J connectivity index is 2.29. The zero-order valence-corrected chi connectivity index (χ0v) is 14.7. The predicted molar refractivity (Wildman–Crippen MR) is 90.6 cm³/mol. The first-order valence-corrected chi connectivity index (χ1v) is 9.07. The minimum Gasteiger partial charge on any atom is -0.309 e. The summed E-state index contributed by atoms with van der Waals surface area (Å²) >= 11 is 2.00. The van der Waals surface area contributed by atoms with Crippen LogP contribution in [-0.2, 0) is 0 Å². The molecule has 1 saturated carbocycles. The van der Waals surface area contributed by atoms with Gasteiger partial charge in [-0.15, -0.1) is 11.3 Å². The highest BCUT2D eigenvalue weighted by Crippen LogP contribution is 2.48. The first-order chi connectivity index (χ1) is 9.45. The third-order valence-corrected chi connectivity index (χ3v) is 6.20. The maximum absolute atomic E-state index is 3.88. The average molecular weight is 294 g/mol. The lowest BCUT2D eigenvalue weighted by molar-refractivity contribution is 0.0992. The van der Waals surface area contributed by atoms with E-state index in [0.29, 0.717) is 11.5 Å². The highest BCUT2D eigenvalue weighted by atomic mass is 32.1. The molecule has 1 aromatic rings. The zero-order valence-electron chi connectivity index (χ0n) is 13.9. The van der Waals surface area contributed by atoms with Gasteiger partial charge in [0.15, 0.2) is 0 Å². The molecule has 0 aliphatic heterocycles. The Hall–Kier alpha value is -0.340. The second kappa shape index (κ2) is 6.62. The predicted octanol–water partition coefficient (Wildman–Crippen LogP) is 5.62. The molecule has 114 valence electrons. The Morgan fingerprint density at radius 2 is 2.10 bits per heavy atom. The summed E-state index contributed by atoms with van der Waals surface area (Å²) in [5.74, 6) is 0.777. The van der Waals surface area contributed by atoms with Crippen molar-refractivity contribution in [3.05, 3.63) is 21.4 Å². The van der Waals surface area contributed by atoms with Gasteiger partial charge < -0.3 is 5.32 Å². The molecule has 0 bridgehead atoms. The van der Waals surface area contributed by atoms with E-state index in [0.717, 1.165) is 12.5 Å². The van der Waals surface area contributed by atoms with Gasteiger partial charge in [0.1, 0.15) is 0 Å². The molecule has 20 heavy (non-hydrogen) atoms. The van der Waals surface area contributed by atoms with Crippen LogP contribution in [0.3, 0.4) is 0 Å². The van der Waals surface area contributed by atoms with Crippen LogP contribution < -0.4 is 5.32 Å². The van der Waals surface area contributed by atoms with Gasteiger partial charge in [0.05, 0.1) is 0 Å². The first-order valence-electron chi connectivity index (χ1n) is 8.26. The third-order valence-electron chi connectivity index (χ3n) is 4.97. The van der Waals surface area contributed by atoms with Crippen LogP contribution in [0.25, 0.3) is 0 Å². The van der Waals surface area contributed by atoms with E-state index < -0.39 is 0 Å². The molecular formula is C18H31NS. The molecule has 2 atom stereocenters. The average Bonchev–Trinajstić information content (AvgIpc) is 2.70. The van der Waals surface area contributed by atoms with Crippen LogP contribution in [0, 0.1) is 25.2 Å². The Bertz CT molecular complexity index is 433. The summed E-state index contributed by atoms with van der Waals surface area (Å²) in [6.45, 7) is 12.9. The highest BCUT2D eigenvalue weighted by molar-refractivity contribution is 7.12. The van der Waals surface area contributed by atoms with Crippen LogP contribution in [0.15, 0.2) is 6.07 Å². The summed E-state index contributed by atoms with van der Waals surface area (Å²) in [4.78, 5) is 3.05. The fourth-order valence-corrected chi connectivity index (χ4v) is 5.00. The highest BCUT2D eigenvalue weighted by Gasteiger charge is 2.38. The van der Waals surface area contributed by atoms with Crippen molar-refractivity contribution in [2.45, 2.75) is 72.8 Å². The Morgan fingerprint density at radius 3 is 2.65 bits per heavy atom. The standard InChI is InChI=1S/C18H31NS/c1-6-11-19-16(17-13(2)12-14(3)20-17)15-9-7-8-10-18(15,4)5/h12,15-16,19H,6-11H2,1-5H3. The molecule has 0 radical (unpaired) electrons. The number of thiophene rings is 1. The van der Waals surface area contributed by atoms with Crippen LogP contribution in [0.4, 0.5) is 0 Å². The molecule has 1 N–H and O–H groups in total. The molecule has 1 nitrogen and oxygen atoms in total. The summed E-state index contributed by atoms with van der Waals surface area (Å²) in [5.41, 5.74) is 1.95. The van der Waals surface area contributed by atoms with Crippen LogP contribution >= 0.6 is 11.3 Å². The molecular weight excluding hydrogens is 262 g/mol. The van der Waals surface area contributed by atoms with E-state index in [4.69, 9.17) is 0 Å². The summed E-state index contributed by atoms with van der Waals surface area (Å²) in [5, 5.41) is 3.88. The molecule has 0 spiro atoms. The minimum atomic E-state index is 0.466. The normalized spacial score (nSPS) is 23.8. The van der Waals surface area contributed by atoms with Crippen LogP contribution in [0.1, 0.15) is 74.2 Å². The molecule has 2 heteroatoms. The van der Waals surface area contributed by atoms with Gasteiger partial charge in [0, 0.05) is 15.8 Å². The van der Waals surface area contributed by atoms with Gasteiger partial charge >= 0.3 is 0 Å². The Labute approximate surface area is 129 Å². The second-order valence-electron chi connectivity index (χ2n) is 7.18. The third kappa shape index (κ3) is 3.46. The molecule has 1 heterocycles. The maximum atomic E-state index is 3.88. The van der Waals surface area contributed by atoms with E-state index >= 15 is 0 Å². The first kappa shape index (κ1) is 16.0. The van der Waals surface area contributed by atoms with Gasteiger partial charge in [0.2, 0.25) is 0 Å². The monoisotopic (exact) mass is 293 g/mol. The van der Waals surface area contributed by atoms with Crippen molar-refractivity contribution in [3.63, 3.8) is 0 Å². The van der Waals surface area contributed by atoms with Crippen molar-refractivity contribution in [1.29, 1.82) is 0 Å². The molecule has 1 aliphatic carbocycles. The minimum absolute atomic E-state index is 0.466. The quantitative estimate of drug-likeness (QED) is 0.742. The summed E-state index contributed by atoms with van der Waals surface area (Å²) < 4.78 is 0. The number of nitrogens with one attached hydrogen (secondary N) is 1. The van der Waals surface area contributed by atoms with Crippen LogP contribution in [0.2, 0.25) is 0 Å². The van der Waals surface area contributed by atoms with E-state index in [9.17, 15) is 0 Å². The van der Waals surface area contributed by atoms with Gasteiger partial charge in [-0.1, -0.05) is 33.6 Å². The number of hydrogen-bond acceptors (Lipinski definition) is 2. The molecule has 0 amide bonds. The van der Waals surface area contributed by atoms with Crippen molar-refractivity contribution in [2.75, 3.05) is 6.54 Å². The molecule has 1 fully saturated rings. The van der Waals surface area contributed by atoms with Crippen molar-refractivity contribution in [3.8, 4) is 0 Å². The Kier molecular flexibility index (Phi) is 5.30. The fourth-order valence-electron chi connectivity index (χ4n) is 3.82.